The van der Waals surface area contributed by atoms with Crippen LogP contribution < -0.4 is 5.32 Å². The molecule has 0 saturated heterocycles. The van der Waals surface area contributed by atoms with Gasteiger partial charge in [0.2, 0.25) is 5.91 Å². The van der Waals surface area contributed by atoms with Crippen molar-refractivity contribution in [1.29, 1.82) is 0 Å². The fourth-order valence-electron chi connectivity index (χ4n) is 1.56. The van der Waals surface area contributed by atoms with Crippen LogP contribution in [0.2, 0.25) is 5.02 Å². The van der Waals surface area contributed by atoms with E-state index in [1.807, 2.05) is 0 Å². The third kappa shape index (κ3) is 3.73. The lowest BCUT2D eigenvalue weighted by atomic mass is 10.1. The van der Waals surface area contributed by atoms with E-state index in [0.717, 1.165) is 12.3 Å². The molecule has 0 aromatic heterocycles. The Hall–Kier alpha value is -1.04. The van der Waals surface area contributed by atoms with Gasteiger partial charge in [-0.25, -0.2) is 0 Å². The second-order valence-electron chi connectivity index (χ2n) is 3.85. The minimum absolute atomic E-state index is 0.0151. The molecule has 1 aromatic carbocycles. The molecule has 1 aromatic rings. The summed E-state index contributed by atoms with van der Waals surface area (Å²) in [5, 5.41) is 13.8. The van der Waals surface area contributed by atoms with E-state index in [2.05, 4.69) is 10.3 Å². The molecule has 1 amide bonds. The molecule has 2 N–H and O–H groups in total. The summed E-state index contributed by atoms with van der Waals surface area (Å²) in [5.41, 5.74) is 0.676. The van der Waals surface area contributed by atoms with Crippen LogP contribution in [-0.2, 0) is 4.79 Å². The van der Waals surface area contributed by atoms with Crippen molar-refractivity contribution in [2.45, 2.75) is 12.5 Å². The average molecular weight is 285 g/mol. The molecular weight excluding hydrogens is 272 g/mol. The first-order valence-corrected chi connectivity index (χ1v) is 6.92. The summed E-state index contributed by atoms with van der Waals surface area (Å²) in [5.74, 6) is 0.667. The molecule has 0 fully saturated rings. The number of thioether (sulfide) groups is 1. The van der Waals surface area contributed by atoms with Crippen LogP contribution in [0.25, 0.3) is 0 Å². The number of aliphatic hydroxyl groups is 1. The van der Waals surface area contributed by atoms with E-state index >= 15 is 0 Å². The van der Waals surface area contributed by atoms with E-state index in [1.165, 1.54) is 11.8 Å². The van der Waals surface area contributed by atoms with Gasteiger partial charge in [0.15, 0.2) is 5.17 Å². The normalized spacial score (nSPS) is 16.2. The van der Waals surface area contributed by atoms with Gasteiger partial charge in [-0.3, -0.25) is 9.79 Å². The number of hydrogen-bond acceptors (Lipinski definition) is 4. The molecule has 18 heavy (non-hydrogen) atoms. The number of hydrogen-bond donors (Lipinski definition) is 2. The first kappa shape index (κ1) is 13.4. The third-order valence-electron chi connectivity index (χ3n) is 2.47. The van der Waals surface area contributed by atoms with Gasteiger partial charge < -0.3 is 10.4 Å². The number of nitrogens with zero attached hydrogens (tertiary/aromatic N) is 1. The molecule has 96 valence electrons. The largest absolute Gasteiger partial charge is 0.388 e. The zero-order valence-electron chi connectivity index (χ0n) is 9.60. The summed E-state index contributed by atoms with van der Waals surface area (Å²) >= 11 is 7.27. The number of amides is 1. The molecule has 0 aliphatic carbocycles. The van der Waals surface area contributed by atoms with Crippen molar-refractivity contribution in [3.8, 4) is 0 Å². The van der Waals surface area contributed by atoms with Crippen molar-refractivity contribution in [2.75, 3.05) is 12.3 Å². The van der Waals surface area contributed by atoms with Crippen LogP contribution in [0.15, 0.2) is 29.3 Å². The first-order valence-electron chi connectivity index (χ1n) is 5.56. The van der Waals surface area contributed by atoms with Crippen molar-refractivity contribution in [2.24, 2.45) is 4.99 Å². The van der Waals surface area contributed by atoms with E-state index < -0.39 is 6.10 Å². The minimum atomic E-state index is -0.825. The van der Waals surface area contributed by atoms with Gasteiger partial charge in [-0.15, -0.1) is 0 Å². The lowest BCUT2D eigenvalue weighted by Gasteiger charge is -2.11. The maximum Gasteiger partial charge on any atom is 0.228 e. The average Bonchev–Trinajstić information content (AvgIpc) is 2.82. The Balaban J connectivity index is 1.88. The predicted octanol–water partition coefficient (Wildman–Crippen LogP) is 1.98. The number of halogens is 1. The molecule has 0 spiro atoms. The molecule has 0 bridgehead atoms. The van der Waals surface area contributed by atoms with Crippen molar-refractivity contribution >= 4 is 34.4 Å². The topological polar surface area (TPSA) is 61.7 Å². The second-order valence-corrected chi connectivity index (χ2v) is 5.38. The summed E-state index contributed by atoms with van der Waals surface area (Å²) in [6.07, 6.45) is -0.810. The Morgan fingerprint density at radius 2 is 2.22 bits per heavy atom. The van der Waals surface area contributed by atoms with E-state index in [9.17, 15) is 9.90 Å². The molecular formula is C12H13ClN2O2S. The molecule has 0 saturated carbocycles. The number of amidine groups is 1. The van der Waals surface area contributed by atoms with Gasteiger partial charge in [0.1, 0.15) is 0 Å². The SMILES string of the molecule is O=C(CC(O)c1ccc(Cl)cc1)NC1=NCCS1. The second kappa shape index (κ2) is 6.22. The highest BCUT2D eigenvalue weighted by atomic mass is 35.5. The van der Waals surface area contributed by atoms with Crippen molar-refractivity contribution in [3.63, 3.8) is 0 Å². The fourth-order valence-corrected chi connectivity index (χ4v) is 2.43. The van der Waals surface area contributed by atoms with Crippen LogP contribution in [0.5, 0.6) is 0 Å². The van der Waals surface area contributed by atoms with Crippen LogP contribution >= 0.6 is 23.4 Å². The molecule has 1 unspecified atom stereocenters. The smallest absolute Gasteiger partial charge is 0.228 e. The zero-order valence-corrected chi connectivity index (χ0v) is 11.2. The summed E-state index contributed by atoms with van der Waals surface area (Å²) in [6, 6.07) is 6.80. The number of aliphatic imine (C=N–C) groups is 1. The lowest BCUT2D eigenvalue weighted by Crippen LogP contribution is -2.28. The van der Waals surface area contributed by atoms with Gasteiger partial charge >= 0.3 is 0 Å². The number of aliphatic hydroxyl groups excluding tert-OH is 1. The Bertz CT molecular complexity index is 462. The molecule has 4 nitrogen and oxygen atoms in total. The Kier molecular flexibility index (Phi) is 4.63. The molecule has 1 aliphatic heterocycles. The fraction of sp³-hybridized carbons (Fsp3) is 0.333. The van der Waals surface area contributed by atoms with E-state index in [1.54, 1.807) is 24.3 Å². The molecule has 1 aliphatic rings. The number of carbonyl (C=O) groups excluding carboxylic acids is 1. The highest BCUT2D eigenvalue weighted by Crippen LogP contribution is 2.19. The number of rotatable bonds is 3. The van der Waals surface area contributed by atoms with E-state index in [-0.39, 0.29) is 12.3 Å². The third-order valence-corrected chi connectivity index (χ3v) is 3.61. The summed E-state index contributed by atoms with van der Waals surface area (Å²) in [6.45, 7) is 0.736. The molecule has 1 heterocycles. The van der Waals surface area contributed by atoms with Crippen molar-refractivity contribution in [1.82, 2.24) is 5.32 Å². The highest BCUT2D eigenvalue weighted by molar-refractivity contribution is 8.14. The van der Waals surface area contributed by atoms with Gasteiger partial charge in [-0.2, -0.15) is 0 Å². The van der Waals surface area contributed by atoms with Gasteiger partial charge in [0.05, 0.1) is 19.1 Å². The van der Waals surface area contributed by atoms with Crippen molar-refractivity contribution in [3.05, 3.63) is 34.9 Å². The number of carbonyl (C=O) groups is 1. The summed E-state index contributed by atoms with van der Waals surface area (Å²) in [4.78, 5) is 15.8. The standard InChI is InChI=1S/C12H13ClN2O2S/c13-9-3-1-8(2-4-9)10(16)7-11(17)15-12-14-5-6-18-12/h1-4,10,16H,5-7H2,(H,14,15,17). The van der Waals surface area contributed by atoms with Crippen LogP contribution in [-0.4, -0.2) is 28.5 Å². The highest BCUT2D eigenvalue weighted by Gasteiger charge is 2.16. The van der Waals surface area contributed by atoms with E-state index in [0.29, 0.717) is 15.8 Å². The number of nitrogens with one attached hydrogen (secondary N) is 1. The molecule has 2 rings (SSSR count). The van der Waals surface area contributed by atoms with Gasteiger partial charge in [0, 0.05) is 10.8 Å². The molecule has 1 atom stereocenters. The van der Waals surface area contributed by atoms with Crippen molar-refractivity contribution < 1.29 is 9.90 Å². The van der Waals surface area contributed by atoms with Crippen LogP contribution in [0, 0.1) is 0 Å². The van der Waals surface area contributed by atoms with Crippen LogP contribution in [0.3, 0.4) is 0 Å². The first-order chi connectivity index (χ1) is 8.65. The van der Waals surface area contributed by atoms with Gasteiger partial charge in [-0.1, -0.05) is 35.5 Å². The van der Waals surface area contributed by atoms with Gasteiger partial charge in [0.25, 0.3) is 0 Å². The van der Waals surface area contributed by atoms with Crippen LogP contribution in [0.4, 0.5) is 0 Å². The minimum Gasteiger partial charge on any atom is -0.388 e. The maximum atomic E-state index is 11.7. The summed E-state index contributed by atoms with van der Waals surface area (Å²) < 4.78 is 0. The monoisotopic (exact) mass is 284 g/mol. The predicted molar refractivity (Wildman–Crippen MR) is 73.9 cm³/mol. The van der Waals surface area contributed by atoms with Gasteiger partial charge in [-0.05, 0) is 17.7 Å². The molecule has 6 heteroatoms. The quantitative estimate of drug-likeness (QED) is 0.892. The maximum absolute atomic E-state index is 11.7. The Morgan fingerprint density at radius 3 is 2.83 bits per heavy atom. The van der Waals surface area contributed by atoms with Crippen LogP contribution in [0.1, 0.15) is 18.1 Å². The lowest BCUT2D eigenvalue weighted by molar-refractivity contribution is -0.121. The zero-order chi connectivity index (χ0) is 13.0. The summed E-state index contributed by atoms with van der Waals surface area (Å²) in [7, 11) is 0. The Morgan fingerprint density at radius 1 is 1.50 bits per heavy atom. The Labute approximate surface area is 114 Å². The van der Waals surface area contributed by atoms with E-state index in [4.69, 9.17) is 11.6 Å². The number of benzene rings is 1. The molecule has 0 radical (unpaired) electrons.